The summed E-state index contributed by atoms with van der Waals surface area (Å²) in [5.74, 6) is 0.664. The smallest absolute Gasteiger partial charge is 0.224 e. The Morgan fingerprint density at radius 3 is 2.79 bits per heavy atom. The Morgan fingerprint density at radius 1 is 1.53 bits per heavy atom. The minimum absolute atomic E-state index is 0.0520. The van der Waals surface area contributed by atoms with Gasteiger partial charge in [-0.15, -0.1) is 11.3 Å². The van der Waals surface area contributed by atoms with Crippen LogP contribution in [-0.2, 0) is 4.79 Å². The van der Waals surface area contributed by atoms with E-state index in [1.54, 1.807) is 11.3 Å². The van der Waals surface area contributed by atoms with Gasteiger partial charge in [-0.25, -0.2) is 0 Å². The van der Waals surface area contributed by atoms with E-state index < -0.39 is 0 Å². The molecule has 1 aromatic rings. The molecule has 4 heteroatoms. The van der Waals surface area contributed by atoms with Crippen LogP contribution in [-0.4, -0.2) is 12.5 Å². The summed E-state index contributed by atoms with van der Waals surface area (Å²) in [5, 5.41) is 5.34. The first kappa shape index (κ1) is 14.5. The highest BCUT2D eigenvalue weighted by Crippen LogP contribution is 2.37. The predicted molar refractivity (Wildman–Crippen MR) is 80.0 cm³/mol. The SMILES string of the molecule is CCC(CN)C(=O)NC(c1cccs1)C1CCCC1. The Balaban J connectivity index is 2.07. The summed E-state index contributed by atoms with van der Waals surface area (Å²) in [5.41, 5.74) is 5.67. The molecule has 2 rings (SSSR count). The fourth-order valence-corrected chi connectivity index (χ4v) is 3.78. The second-order valence-electron chi connectivity index (χ2n) is 5.39. The van der Waals surface area contributed by atoms with Crippen molar-refractivity contribution in [2.75, 3.05) is 6.54 Å². The van der Waals surface area contributed by atoms with E-state index in [9.17, 15) is 4.79 Å². The minimum Gasteiger partial charge on any atom is -0.348 e. The van der Waals surface area contributed by atoms with Crippen LogP contribution in [0.2, 0.25) is 0 Å². The number of rotatable bonds is 6. The molecule has 1 heterocycles. The standard InChI is InChI=1S/C15H24N2OS/c1-2-11(10-16)15(18)17-14(12-6-3-4-7-12)13-8-5-9-19-13/h5,8-9,11-12,14H,2-4,6-7,10,16H2,1H3,(H,17,18). The van der Waals surface area contributed by atoms with Crippen LogP contribution in [0.5, 0.6) is 0 Å². The van der Waals surface area contributed by atoms with Crippen molar-refractivity contribution in [3.63, 3.8) is 0 Å². The van der Waals surface area contributed by atoms with E-state index >= 15 is 0 Å². The number of carbonyl (C=O) groups excluding carboxylic acids is 1. The van der Waals surface area contributed by atoms with Crippen LogP contribution in [0.15, 0.2) is 17.5 Å². The van der Waals surface area contributed by atoms with Crippen LogP contribution in [0.3, 0.4) is 0 Å². The van der Waals surface area contributed by atoms with Gasteiger partial charge in [0.2, 0.25) is 5.91 Å². The van der Waals surface area contributed by atoms with Gasteiger partial charge in [0, 0.05) is 17.3 Å². The van der Waals surface area contributed by atoms with Crippen LogP contribution in [0.25, 0.3) is 0 Å². The molecule has 0 saturated heterocycles. The first-order valence-corrected chi connectivity index (χ1v) is 8.18. The second kappa shape index (κ2) is 7.06. The molecule has 1 saturated carbocycles. The summed E-state index contributed by atoms with van der Waals surface area (Å²) < 4.78 is 0. The fraction of sp³-hybridized carbons (Fsp3) is 0.667. The van der Waals surface area contributed by atoms with Crippen molar-refractivity contribution < 1.29 is 4.79 Å². The molecule has 1 aromatic heterocycles. The molecule has 0 aliphatic heterocycles. The van der Waals surface area contributed by atoms with E-state index in [1.807, 2.05) is 6.92 Å². The largest absolute Gasteiger partial charge is 0.348 e. The van der Waals surface area contributed by atoms with Crippen LogP contribution in [0.1, 0.15) is 49.9 Å². The van der Waals surface area contributed by atoms with Gasteiger partial charge in [0.1, 0.15) is 0 Å². The number of carbonyl (C=O) groups is 1. The number of amides is 1. The third-order valence-electron chi connectivity index (χ3n) is 4.17. The molecule has 1 aliphatic rings. The third-order valence-corrected chi connectivity index (χ3v) is 5.12. The molecular formula is C15H24N2OS. The molecule has 2 atom stereocenters. The van der Waals surface area contributed by atoms with Gasteiger partial charge in [0.15, 0.2) is 0 Å². The molecule has 1 fully saturated rings. The molecule has 0 bridgehead atoms. The van der Waals surface area contributed by atoms with E-state index in [0.717, 1.165) is 6.42 Å². The van der Waals surface area contributed by atoms with Gasteiger partial charge in [0.05, 0.1) is 6.04 Å². The lowest BCUT2D eigenvalue weighted by Crippen LogP contribution is -2.39. The number of nitrogens with two attached hydrogens (primary N) is 1. The van der Waals surface area contributed by atoms with E-state index in [4.69, 9.17) is 5.73 Å². The maximum Gasteiger partial charge on any atom is 0.224 e. The molecule has 0 spiro atoms. The normalized spacial score (nSPS) is 19.3. The Labute approximate surface area is 119 Å². The number of hydrogen-bond donors (Lipinski definition) is 2. The fourth-order valence-electron chi connectivity index (χ4n) is 2.91. The molecule has 19 heavy (non-hydrogen) atoms. The average molecular weight is 280 g/mol. The highest BCUT2D eigenvalue weighted by atomic mass is 32.1. The highest BCUT2D eigenvalue weighted by Gasteiger charge is 2.29. The predicted octanol–water partition coefficient (Wildman–Crippen LogP) is 3.08. The monoisotopic (exact) mass is 280 g/mol. The molecule has 3 nitrogen and oxygen atoms in total. The molecule has 2 unspecified atom stereocenters. The van der Waals surface area contributed by atoms with Crippen molar-refractivity contribution in [3.05, 3.63) is 22.4 Å². The van der Waals surface area contributed by atoms with Crippen LogP contribution in [0.4, 0.5) is 0 Å². The molecule has 0 radical (unpaired) electrons. The minimum atomic E-state index is -0.0520. The van der Waals surface area contributed by atoms with Gasteiger partial charge < -0.3 is 11.1 Å². The van der Waals surface area contributed by atoms with E-state index in [2.05, 4.69) is 22.8 Å². The van der Waals surface area contributed by atoms with Crippen molar-refractivity contribution in [2.45, 2.75) is 45.1 Å². The van der Waals surface area contributed by atoms with Crippen LogP contribution < -0.4 is 11.1 Å². The van der Waals surface area contributed by atoms with Crippen molar-refractivity contribution in [1.82, 2.24) is 5.32 Å². The number of nitrogens with one attached hydrogen (secondary N) is 1. The van der Waals surface area contributed by atoms with Crippen molar-refractivity contribution in [2.24, 2.45) is 17.6 Å². The zero-order valence-electron chi connectivity index (χ0n) is 11.6. The quantitative estimate of drug-likeness (QED) is 0.841. The Bertz CT molecular complexity index is 381. The van der Waals surface area contributed by atoms with Crippen molar-refractivity contribution in [3.8, 4) is 0 Å². The lowest BCUT2D eigenvalue weighted by atomic mass is 9.95. The summed E-state index contributed by atoms with van der Waals surface area (Å²) in [6.07, 6.45) is 5.84. The molecule has 0 aromatic carbocycles. The molecule has 1 amide bonds. The van der Waals surface area contributed by atoms with Crippen molar-refractivity contribution in [1.29, 1.82) is 0 Å². The number of thiophene rings is 1. The Morgan fingerprint density at radius 2 is 2.26 bits per heavy atom. The molecule has 106 valence electrons. The van der Waals surface area contributed by atoms with Gasteiger partial charge >= 0.3 is 0 Å². The zero-order chi connectivity index (χ0) is 13.7. The second-order valence-corrected chi connectivity index (χ2v) is 6.37. The van der Waals surface area contributed by atoms with Gasteiger partial charge in [-0.3, -0.25) is 4.79 Å². The number of hydrogen-bond acceptors (Lipinski definition) is 3. The van der Waals surface area contributed by atoms with Crippen LogP contribution in [0, 0.1) is 11.8 Å². The molecular weight excluding hydrogens is 256 g/mol. The maximum atomic E-state index is 12.3. The summed E-state index contributed by atoms with van der Waals surface area (Å²) in [7, 11) is 0. The Hall–Kier alpha value is -0.870. The topological polar surface area (TPSA) is 55.1 Å². The summed E-state index contributed by atoms with van der Waals surface area (Å²) >= 11 is 1.74. The van der Waals surface area contributed by atoms with Crippen molar-refractivity contribution >= 4 is 17.2 Å². The summed E-state index contributed by atoms with van der Waals surface area (Å²) in [6.45, 7) is 2.46. The average Bonchev–Trinajstić information content (AvgIpc) is 3.11. The van der Waals surface area contributed by atoms with Gasteiger partial charge in [-0.05, 0) is 36.6 Å². The first-order valence-electron chi connectivity index (χ1n) is 7.30. The lowest BCUT2D eigenvalue weighted by Gasteiger charge is -2.25. The Kier molecular flexibility index (Phi) is 5.40. The van der Waals surface area contributed by atoms with Crippen LogP contribution >= 0.6 is 11.3 Å². The van der Waals surface area contributed by atoms with E-state index in [0.29, 0.717) is 12.5 Å². The third kappa shape index (κ3) is 3.57. The highest BCUT2D eigenvalue weighted by molar-refractivity contribution is 7.10. The summed E-state index contributed by atoms with van der Waals surface area (Å²) in [4.78, 5) is 13.6. The van der Waals surface area contributed by atoms with Gasteiger partial charge in [-0.1, -0.05) is 25.8 Å². The maximum absolute atomic E-state index is 12.3. The van der Waals surface area contributed by atoms with E-state index in [1.165, 1.54) is 30.6 Å². The first-order chi connectivity index (χ1) is 9.26. The lowest BCUT2D eigenvalue weighted by molar-refractivity contribution is -0.125. The molecule has 1 aliphatic carbocycles. The van der Waals surface area contributed by atoms with E-state index in [-0.39, 0.29) is 17.9 Å². The molecule has 3 N–H and O–H groups in total. The van der Waals surface area contributed by atoms with Gasteiger partial charge in [-0.2, -0.15) is 0 Å². The van der Waals surface area contributed by atoms with Gasteiger partial charge in [0.25, 0.3) is 0 Å². The summed E-state index contributed by atoms with van der Waals surface area (Å²) in [6, 6.07) is 4.39. The zero-order valence-corrected chi connectivity index (χ0v) is 12.4.